The van der Waals surface area contributed by atoms with Gasteiger partial charge in [0.25, 0.3) is 0 Å². The number of hydrogen-bond donors (Lipinski definition) is 0. The Morgan fingerprint density at radius 3 is 3.15 bits per heavy atom. The SMILES string of the molecule is CCOCC1CN(Cc2ccoc2)Cc2cn(C)nc21. The Balaban J connectivity index is 1.76. The summed E-state index contributed by atoms with van der Waals surface area (Å²) in [6, 6.07) is 2.02. The second kappa shape index (κ2) is 5.81. The van der Waals surface area contributed by atoms with Crippen molar-refractivity contribution >= 4 is 0 Å². The molecule has 0 amide bonds. The zero-order chi connectivity index (χ0) is 13.9. The van der Waals surface area contributed by atoms with Crippen molar-refractivity contribution in [2.45, 2.75) is 25.9 Å². The number of fused-ring (bicyclic) bond motifs is 1. The highest BCUT2D eigenvalue weighted by atomic mass is 16.5. The molecular formula is C15H21N3O2. The number of aryl methyl sites for hydroxylation is 1. The lowest BCUT2D eigenvalue weighted by atomic mass is 9.97. The molecule has 1 unspecified atom stereocenters. The van der Waals surface area contributed by atoms with E-state index < -0.39 is 0 Å². The molecule has 5 nitrogen and oxygen atoms in total. The maximum absolute atomic E-state index is 5.63. The molecule has 0 aliphatic carbocycles. The molecule has 108 valence electrons. The predicted octanol–water partition coefficient (Wildman–Crippen LogP) is 2.15. The third-order valence-electron chi connectivity index (χ3n) is 3.71. The summed E-state index contributed by atoms with van der Waals surface area (Å²) in [7, 11) is 1.98. The standard InChI is InChI=1S/C15H21N3O2/c1-3-19-11-14-9-18(6-12-4-5-20-10-12)8-13-7-17(2)16-15(13)14/h4-5,7,10,14H,3,6,8-9,11H2,1-2H3. The van der Waals surface area contributed by atoms with Gasteiger partial charge in [0.05, 0.1) is 24.8 Å². The fraction of sp³-hybridized carbons (Fsp3) is 0.533. The van der Waals surface area contributed by atoms with Crippen LogP contribution in [0, 0.1) is 0 Å². The minimum atomic E-state index is 0.354. The summed E-state index contributed by atoms with van der Waals surface area (Å²) in [5, 5.41) is 4.61. The van der Waals surface area contributed by atoms with E-state index in [0.29, 0.717) is 5.92 Å². The van der Waals surface area contributed by atoms with Gasteiger partial charge in [0.15, 0.2) is 0 Å². The van der Waals surface area contributed by atoms with E-state index in [2.05, 4.69) is 16.2 Å². The molecule has 3 rings (SSSR count). The maximum atomic E-state index is 5.63. The van der Waals surface area contributed by atoms with Crippen LogP contribution in [0.25, 0.3) is 0 Å². The molecule has 0 N–H and O–H groups in total. The Morgan fingerprint density at radius 2 is 2.40 bits per heavy atom. The van der Waals surface area contributed by atoms with Crippen molar-refractivity contribution in [2.75, 3.05) is 19.8 Å². The maximum Gasteiger partial charge on any atom is 0.0947 e. The Labute approximate surface area is 119 Å². The quantitative estimate of drug-likeness (QED) is 0.838. The van der Waals surface area contributed by atoms with Crippen molar-refractivity contribution in [3.8, 4) is 0 Å². The summed E-state index contributed by atoms with van der Waals surface area (Å²) < 4.78 is 12.7. The summed E-state index contributed by atoms with van der Waals surface area (Å²) in [4.78, 5) is 2.43. The molecule has 0 fully saturated rings. The topological polar surface area (TPSA) is 43.4 Å². The van der Waals surface area contributed by atoms with Crippen LogP contribution in [-0.4, -0.2) is 34.4 Å². The summed E-state index contributed by atoms with van der Waals surface area (Å²) in [5.41, 5.74) is 3.73. The lowest BCUT2D eigenvalue weighted by Gasteiger charge is -2.31. The number of rotatable bonds is 5. The second-order valence-electron chi connectivity index (χ2n) is 5.37. The van der Waals surface area contributed by atoms with Crippen LogP contribution < -0.4 is 0 Å². The first-order valence-electron chi connectivity index (χ1n) is 7.10. The lowest BCUT2D eigenvalue weighted by Crippen LogP contribution is -2.34. The predicted molar refractivity (Wildman–Crippen MR) is 75.3 cm³/mol. The fourth-order valence-corrected chi connectivity index (χ4v) is 2.88. The second-order valence-corrected chi connectivity index (χ2v) is 5.37. The van der Waals surface area contributed by atoms with Gasteiger partial charge in [-0.2, -0.15) is 5.10 Å². The molecule has 1 atom stereocenters. The zero-order valence-electron chi connectivity index (χ0n) is 12.1. The monoisotopic (exact) mass is 275 g/mol. The van der Waals surface area contributed by atoms with Gasteiger partial charge in [0.2, 0.25) is 0 Å². The van der Waals surface area contributed by atoms with Crippen LogP contribution in [0.2, 0.25) is 0 Å². The van der Waals surface area contributed by atoms with Crippen LogP contribution in [0.1, 0.15) is 29.7 Å². The van der Waals surface area contributed by atoms with Crippen molar-refractivity contribution in [3.63, 3.8) is 0 Å². The summed E-state index contributed by atoms with van der Waals surface area (Å²) in [6.07, 6.45) is 5.67. The molecule has 0 radical (unpaired) electrons. The van der Waals surface area contributed by atoms with Gasteiger partial charge in [0, 0.05) is 56.5 Å². The van der Waals surface area contributed by atoms with Crippen LogP contribution >= 0.6 is 0 Å². The first kappa shape index (κ1) is 13.4. The van der Waals surface area contributed by atoms with Crippen LogP contribution in [0.15, 0.2) is 29.2 Å². The number of furan rings is 1. The summed E-state index contributed by atoms with van der Waals surface area (Å²) in [6.45, 7) is 6.35. The highest BCUT2D eigenvalue weighted by molar-refractivity contribution is 5.25. The van der Waals surface area contributed by atoms with Crippen LogP contribution in [0.4, 0.5) is 0 Å². The summed E-state index contributed by atoms with van der Waals surface area (Å²) >= 11 is 0. The number of hydrogen-bond acceptors (Lipinski definition) is 4. The van der Waals surface area contributed by atoms with E-state index in [-0.39, 0.29) is 0 Å². The molecule has 0 aromatic carbocycles. The largest absolute Gasteiger partial charge is 0.472 e. The molecule has 2 aromatic rings. The van der Waals surface area contributed by atoms with E-state index >= 15 is 0 Å². The normalized spacial score (nSPS) is 19.2. The first-order chi connectivity index (χ1) is 9.76. The van der Waals surface area contributed by atoms with Gasteiger partial charge in [0.1, 0.15) is 0 Å². The van der Waals surface area contributed by atoms with E-state index in [1.807, 2.05) is 31.0 Å². The smallest absolute Gasteiger partial charge is 0.0947 e. The van der Waals surface area contributed by atoms with Gasteiger partial charge in [-0.15, -0.1) is 0 Å². The van der Waals surface area contributed by atoms with Gasteiger partial charge >= 0.3 is 0 Å². The average Bonchev–Trinajstić information content (AvgIpc) is 3.04. The van der Waals surface area contributed by atoms with Gasteiger partial charge in [-0.05, 0) is 13.0 Å². The molecule has 0 bridgehead atoms. The van der Waals surface area contributed by atoms with E-state index in [4.69, 9.17) is 9.15 Å². The molecule has 20 heavy (non-hydrogen) atoms. The molecular weight excluding hydrogens is 254 g/mol. The van der Waals surface area contributed by atoms with E-state index in [1.165, 1.54) is 16.8 Å². The van der Waals surface area contributed by atoms with Crippen LogP contribution in [0.3, 0.4) is 0 Å². The van der Waals surface area contributed by atoms with Crippen molar-refractivity contribution in [3.05, 3.63) is 41.6 Å². The van der Waals surface area contributed by atoms with Crippen LogP contribution in [-0.2, 0) is 24.9 Å². The Bertz CT molecular complexity index is 547. The molecule has 1 aliphatic rings. The molecule has 0 saturated carbocycles. The molecule has 5 heteroatoms. The highest BCUT2D eigenvalue weighted by Gasteiger charge is 2.28. The molecule has 2 aromatic heterocycles. The number of aromatic nitrogens is 2. The lowest BCUT2D eigenvalue weighted by molar-refractivity contribution is 0.104. The van der Waals surface area contributed by atoms with E-state index in [9.17, 15) is 0 Å². The first-order valence-corrected chi connectivity index (χ1v) is 7.10. The Kier molecular flexibility index (Phi) is 3.89. The van der Waals surface area contributed by atoms with Gasteiger partial charge in [-0.3, -0.25) is 9.58 Å². The minimum Gasteiger partial charge on any atom is -0.472 e. The molecule has 0 saturated heterocycles. The third-order valence-corrected chi connectivity index (χ3v) is 3.71. The zero-order valence-corrected chi connectivity index (χ0v) is 12.1. The number of nitrogens with zero attached hydrogens (tertiary/aromatic N) is 3. The Hall–Kier alpha value is -1.59. The average molecular weight is 275 g/mol. The van der Waals surface area contributed by atoms with Crippen molar-refractivity contribution < 1.29 is 9.15 Å². The molecule has 3 heterocycles. The van der Waals surface area contributed by atoms with Crippen LogP contribution in [0.5, 0.6) is 0 Å². The Morgan fingerprint density at radius 1 is 1.50 bits per heavy atom. The highest BCUT2D eigenvalue weighted by Crippen LogP contribution is 2.28. The fourth-order valence-electron chi connectivity index (χ4n) is 2.88. The minimum absolute atomic E-state index is 0.354. The van der Waals surface area contributed by atoms with Crippen molar-refractivity contribution in [1.29, 1.82) is 0 Å². The van der Waals surface area contributed by atoms with Gasteiger partial charge in [-0.25, -0.2) is 0 Å². The third kappa shape index (κ3) is 2.78. The summed E-state index contributed by atoms with van der Waals surface area (Å²) in [5.74, 6) is 0.354. The molecule has 0 spiro atoms. The van der Waals surface area contributed by atoms with Gasteiger partial charge < -0.3 is 9.15 Å². The number of ether oxygens (including phenoxy) is 1. The van der Waals surface area contributed by atoms with E-state index in [1.54, 1.807) is 6.26 Å². The van der Waals surface area contributed by atoms with Gasteiger partial charge in [-0.1, -0.05) is 0 Å². The van der Waals surface area contributed by atoms with Crippen molar-refractivity contribution in [1.82, 2.24) is 14.7 Å². The van der Waals surface area contributed by atoms with E-state index in [0.717, 1.165) is 32.8 Å². The van der Waals surface area contributed by atoms with Crippen molar-refractivity contribution in [2.24, 2.45) is 7.05 Å². The molecule has 1 aliphatic heterocycles.